The molecule has 0 spiro atoms. The SMILES string of the molecule is OC(c1ccccc1)(c1ccccc1F)C(F)(F)F. The minimum absolute atomic E-state index is 0.424. The van der Waals surface area contributed by atoms with E-state index in [2.05, 4.69) is 0 Å². The summed E-state index contributed by atoms with van der Waals surface area (Å²) in [6.45, 7) is 0. The monoisotopic (exact) mass is 270 g/mol. The van der Waals surface area contributed by atoms with E-state index < -0.39 is 28.7 Å². The van der Waals surface area contributed by atoms with Crippen LogP contribution in [0.2, 0.25) is 0 Å². The van der Waals surface area contributed by atoms with E-state index in [0.29, 0.717) is 0 Å². The molecular weight excluding hydrogens is 260 g/mol. The molecule has 0 aromatic heterocycles. The van der Waals surface area contributed by atoms with Gasteiger partial charge >= 0.3 is 6.18 Å². The van der Waals surface area contributed by atoms with Gasteiger partial charge in [-0.25, -0.2) is 4.39 Å². The van der Waals surface area contributed by atoms with Crippen LogP contribution in [-0.4, -0.2) is 11.3 Å². The summed E-state index contributed by atoms with van der Waals surface area (Å²) in [6, 6.07) is 10.8. The maximum atomic E-state index is 13.6. The Balaban J connectivity index is 2.71. The summed E-state index contributed by atoms with van der Waals surface area (Å²) in [6.07, 6.45) is -5.03. The molecule has 1 nitrogen and oxygen atoms in total. The van der Waals surface area contributed by atoms with Gasteiger partial charge in [0, 0.05) is 5.56 Å². The van der Waals surface area contributed by atoms with Gasteiger partial charge in [-0.15, -0.1) is 0 Å². The number of hydrogen-bond donors (Lipinski definition) is 1. The normalized spacial score (nSPS) is 15.0. The summed E-state index contributed by atoms with van der Waals surface area (Å²) >= 11 is 0. The molecule has 0 saturated carbocycles. The van der Waals surface area contributed by atoms with E-state index in [4.69, 9.17) is 0 Å². The van der Waals surface area contributed by atoms with Crippen molar-refractivity contribution in [3.8, 4) is 0 Å². The first-order valence-electron chi connectivity index (χ1n) is 5.47. The van der Waals surface area contributed by atoms with Crippen molar-refractivity contribution in [2.24, 2.45) is 0 Å². The van der Waals surface area contributed by atoms with Gasteiger partial charge in [0.25, 0.3) is 0 Å². The van der Waals surface area contributed by atoms with E-state index in [1.165, 1.54) is 30.3 Å². The Morgan fingerprint density at radius 3 is 1.84 bits per heavy atom. The van der Waals surface area contributed by atoms with Crippen LogP contribution in [0.4, 0.5) is 17.6 Å². The van der Waals surface area contributed by atoms with E-state index >= 15 is 0 Å². The van der Waals surface area contributed by atoms with Crippen LogP contribution in [-0.2, 0) is 5.60 Å². The van der Waals surface area contributed by atoms with Crippen molar-refractivity contribution in [1.29, 1.82) is 0 Å². The number of benzene rings is 2. The molecule has 1 atom stereocenters. The van der Waals surface area contributed by atoms with Gasteiger partial charge in [-0.2, -0.15) is 13.2 Å². The fraction of sp³-hybridized carbons (Fsp3) is 0.143. The van der Waals surface area contributed by atoms with E-state index in [1.807, 2.05) is 0 Å². The molecule has 2 aromatic rings. The molecule has 0 aliphatic heterocycles. The van der Waals surface area contributed by atoms with E-state index in [-0.39, 0.29) is 0 Å². The van der Waals surface area contributed by atoms with Crippen LogP contribution in [0.5, 0.6) is 0 Å². The molecule has 0 amide bonds. The molecule has 0 bridgehead atoms. The highest BCUT2D eigenvalue weighted by atomic mass is 19.4. The maximum absolute atomic E-state index is 13.6. The summed E-state index contributed by atoms with van der Waals surface area (Å²) < 4.78 is 53.4. The van der Waals surface area contributed by atoms with E-state index in [0.717, 1.165) is 24.3 Å². The van der Waals surface area contributed by atoms with Crippen LogP contribution < -0.4 is 0 Å². The van der Waals surface area contributed by atoms with Gasteiger partial charge in [0.15, 0.2) is 0 Å². The Labute approximate surface area is 107 Å². The molecule has 2 rings (SSSR count). The van der Waals surface area contributed by atoms with Crippen molar-refractivity contribution in [3.63, 3.8) is 0 Å². The Kier molecular flexibility index (Phi) is 3.32. The summed E-state index contributed by atoms with van der Waals surface area (Å²) in [5.74, 6) is -1.11. The molecule has 100 valence electrons. The van der Waals surface area contributed by atoms with Gasteiger partial charge in [-0.3, -0.25) is 0 Å². The first-order valence-corrected chi connectivity index (χ1v) is 5.47. The lowest BCUT2D eigenvalue weighted by molar-refractivity contribution is -0.249. The summed E-state index contributed by atoms with van der Waals surface area (Å²) in [4.78, 5) is 0. The van der Waals surface area contributed by atoms with Gasteiger partial charge in [0.1, 0.15) is 5.82 Å². The predicted molar refractivity (Wildman–Crippen MR) is 61.9 cm³/mol. The van der Waals surface area contributed by atoms with Gasteiger partial charge in [-0.1, -0.05) is 48.5 Å². The van der Waals surface area contributed by atoms with Crippen LogP contribution in [0.25, 0.3) is 0 Å². The second-order valence-electron chi connectivity index (χ2n) is 4.05. The van der Waals surface area contributed by atoms with E-state index in [1.54, 1.807) is 0 Å². The molecule has 0 radical (unpaired) electrons. The molecule has 0 fully saturated rings. The second kappa shape index (κ2) is 4.66. The van der Waals surface area contributed by atoms with Crippen molar-refractivity contribution in [3.05, 3.63) is 71.5 Å². The fourth-order valence-electron chi connectivity index (χ4n) is 1.91. The average Bonchev–Trinajstić information content (AvgIpc) is 2.38. The lowest BCUT2D eigenvalue weighted by atomic mass is 9.85. The van der Waals surface area contributed by atoms with Crippen molar-refractivity contribution >= 4 is 0 Å². The summed E-state index contributed by atoms with van der Waals surface area (Å²) in [5, 5.41) is 10.1. The summed E-state index contributed by atoms with van der Waals surface area (Å²) in [7, 11) is 0. The topological polar surface area (TPSA) is 20.2 Å². The quantitative estimate of drug-likeness (QED) is 0.826. The largest absolute Gasteiger partial charge is 0.425 e. The first kappa shape index (κ1) is 13.5. The molecule has 0 aliphatic carbocycles. The number of aliphatic hydroxyl groups is 1. The van der Waals surface area contributed by atoms with Crippen LogP contribution in [0.15, 0.2) is 54.6 Å². The van der Waals surface area contributed by atoms with Crippen LogP contribution in [0.3, 0.4) is 0 Å². The van der Waals surface area contributed by atoms with Crippen LogP contribution in [0.1, 0.15) is 11.1 Å². The standard InChI is InChI=1S/C14H10F4O/c15-12-9-5-4-8-11(12)13(19,14(16,17)18)10-6-2-1-3-7-10/h1-9,19H. The minimum Gasteiger partial charge on any atom is -0.372 e. The third-order valence-corrected chi connectivity index (χ3v) is 2.87. The fourth-order valence-corrected chi connectivity index (χ4v) is 1.91. The molecule has 5 heteroatoms. The third kappa shape index (κ3) is 2.21. The molecule has 0 saturated heterocycles. The highest BCUT2D eigenvalue weighted by Gasteiger charge is 2.57. The van der Waals surface area contributed by atoms with Gasteiger partial charge in [0.05, 0.1) is 0 Å². The molecular formula is C14H10F4O. The van der Waals surface area contributed by atoms with Crippen LogP contribution in [0, 0.1) is 5.82 Å². The Hall–Kier alpha value is -1.88. The van der Waals surface area contributed by atoms with Crippen molar-refractivity contribution < 1.29 is 22.7 Å². The molecule has 2 aromatic carbocycles. The Morgan fingerprint density at radius 1 is 0.789 bits per heavy atom. The maximum Gasteiger partial charge on any atom is 0.425 e. The van der Waals surface area contributed by atoms with Crippen molar-refractivity contribution in [2.45, 2.75) is 11.8 Å². The smallest absolute Gasteiger partial charge is 0.372 e. The van der Waals surface area contributed by atoms with E-state index in [9.17, 15) is 22.7 Å². The second-order valence-corrected chi connectivity index (χ2v) is 4.05. The van der Waals surface area contributed by atoms with Gasteiger partial charge < -0.3 is 5.11 Å². The number of rotatable bonds is 2. The Bertz CT molecular complexity index is 565. The van der Waals surface area contributed by atoms with Crippen molar-refractivity contribution in [2.75, 3.05) is 0 Å². The summed E-state index contributed by atoms with van der Waals surface area (Å²) in [5.41, 5.74) is -4.60. The highest BCUT2D eigenvalue weighted by Crippen LogP contribution is 2.44. The van der Waals surface area contributed by atoms with Crippen LogP contribution >= 0.6 is 0 Å². The van der Waals surface area contributed by atoms with Gasteiger partial charge in [0.2, 0.25) is 5.60 Å². The molecule has 0 aliphatic rings. The Morgan fingerprint density at radius 2 is 1.32 bits per heavy atom. The van der Waals surface area contributed by atoms with Gasteiger partial charge in [-0.05, 0) is 11.6 Å². The highest BCUT2D eigenvalue weighted by molar-refractivity contribution is 5.38. The lowest BCUT2D eigenvalue weighted by Crippen LogP contribution is -2.44. The zero-order chi connectivity index (χ0) is 14.1. The zero-order valence-corrected chi connectivity index (χ0v) is 9.66. The number of halogens is 4. The number of alkyl halides is 3. The lowest BCUT2D eigenvalue weighted by Gasteiger charge is -2.31. The molecule has 19 heavy (non-hydrogen) atoms. The molecule has 1 N–H and O–H groups in total. The predicted octanol–water partition coefficient (Wildman–Crippen LogP) is 3.62. The zero-order valence-electron chi connectivity index (χ0n) is 9.66. The third-order valence-electron chi connectivity index (χ3n) is 2.87. The molecule has 1 unspecified atom stereocenters. The first-order chi connectivity index (χ1) is 8.87. The average molecular weight is 270 g/mol. The van der Waals surface area contributed by atoms with Crippen molar-refractivity contribution in [1.82, 2.24) is 0 Å². The molecule has 0 heterocycles. The minimum atomic E-state index is -5.03. The number of hydrogen-bond acceptors (Lipinski definition) is 1.